The second kappa shape index (κ2) is 7.31. The molecule has 2 amide bonds. The van der Waals surface area contributed by atoms with Crippen LogP contribution in [0.1, 0.15) is 11.1 Å². The van der Waals surface area contributed by atoms with Crippen molar-refractivity contribution in [1.29, 1.82) is 0 Å². The van der Waals surface area contributed by atoms with Gasteiger partial charge in [0.15, 0.2) is 0 Å². The highest BCUT2D eigenvalue weighted by atomic mass is 16.5. The van der Waals surface area contributed by atoms with E-state index in [0.717, 1.165) is 17.5 Å². The van der Waals surface area contributed by atoms with Gasteiger partial charge in [-0.05, 0) is 35.7 Å². The maximum absolute atomic E-state index is 13.3. The number of fused-ring (bicyclic) bond motifs is 2. The Morgan fingerprint density at radius 2 is 2.09 bits per heavy atom. The van der Waals surface area contributed by atoms with E-state index < -0.39 is 17.4 Å². The summed E-state index contributed by atoms with van der Waals surface area (Å²) < 4.78 is 6.21. The molecule has 32 heavy (non-hydrogen) atoms. The zero-order valence-electron chi connectivity index (χ0n) is 17.5. The van der Waals surface area contributed by atoms with Crippen LogP contribution in [0.3, 0.4) is 0 Å². The third kappa shape index (κ3) is 2.96. The number of rotatable bonds is 6. The third-order valence-electron chi connectivity index (χ3n) is 6.97. The summed E-state index contributed by atoms with van der Waals surface area (Å²) in [7, 11) is 0. The first-order chi connectivity index (χ1) is 15.6. The van der Waals surface area contributed by atoms with Crippen molar-refractivity contribution in [2.45, 2.75) is 24.7 Å². The molecule has 3 aliphatic rings. The molecule has 0 saturated carbocycles. The predicted octanol–water partition coefficient (Wildman–Crippen LogP) is 2.20. The number of benzene rings is 1. The molecule has 3 aromatic rings. The van der Waals surface area contributed by atoms with Crippen molar-refractivity contribution in [3.8, 4) is 0 Å². The average molecular weight is 428 g/mol. The molecular formula is C25H24N4O3. The van der Waals surface area contributed by atoms with Gasteiger partial charge >= 0.3 is 0 Å². The topological polar surface area (TPSA) is 87.3 Å². The number of nitrogens with one attached hydrogen (secondary N) is 2. The Labute approximate surface area is 185 Å². The van der Waals surface area contributed by atoms with Crippen LogP contribution in [-0.4, -0.2) is 51.5 Å². The minimum Gasteiger partial charge on any atom is -0.361 e. The number of carbonyl (C=O) groups excluding carboxylic acids is 2. The Morgan fingerprint density at radius 3 is 2.97 bits per heavy atom. The molecule has 1 spiro atoms. The SMILES string of the molecule is O=C(NCCc1c[nH]c2ccccc12)[C@H]1[C@H]2C(=O)N(Cc3ccncc3)C[C@]23C=C[C@H]1O3. The molecule has 0 aliphatic carbocycles. The van der Waals surface area contributed by atoms with E-state index in [1.165, 1.54) is 10.9 Å². The van der Waals surface area contributed by atoms with E-state index in [-0.39, 0.29) is 17.9 Å². The monoisotopic (exact) mass is 428 g/mol. The smallest absolute Gasteiger partial charge is 0.230 e. The van der Waals surface area contributed by atoms with Gasteiger partial charge < -0.3 is 19.9 Å². The van der Waals surface area contributed by atoms with Crippen LogP contribution in [0.15, 0.2) is 67.1 Å². The number of ether oxygens (including phenoxy) is 1. The largest absolute Gasteiger partial charge is 0.361 e. The Balaban J connectivity index is 1.15. The highest BCUT2D eigenvalue weighted by Crippen LogP contribution is 2.52. The fourth-order valence-corrected chi connectivity index (χ4v) is 5.50. The van der Waals surface area contributed by atoms with Gasteiger partial charge in [-0.25, -0.2) is 0 Å². The van der Waals surface area contributed by atoms with Gasteiger partial charge in [0.1, 0.15) is 5.60 Å². The Morgan fingerprint density at radius 1 is 1.25 bits per heavy atom. The number of carbonyl (C=O) groups is 2. The number of aromatic amines is 1. The van der Waals surface area contributed by atoms with Gasteiger partial charge in [0, 0.05) is 42.6 Å². The third-order valence-corrected chi connectivity index (χ3v) is 6.97. The molecule has 0 radical (unpaired) electrons. The maximum atomic E-state index is 13.3. The lowest BCUT2D eigenvalue weighted by Crippen LogP contribution is -2.44. The van der Waals surface area contributed by atoms with E-state index in [4.69, 9.17) is 4.74 Å². The van der Waals surface area contributed by atoms with Crippen molar-refractivity contribution in [2.24, 2.45) is 11.8 Å². The zero-order chi connectivity index (χ0) is 21.7. The minimum absolute atomic E-state index is 0.00885. The second-order valence-electron chi connectivity index (χ2n) is 8.85. The van der Waals surface area contributed by atoms with Crippen LogP contribution in [-0.2, 0) is 27.3 Å². The first kappa shape index (κ1) is 19.3. The molecule has 2 saturated heterocycles. The summed E-state index contributed by atoms with van der Waals surface area (Å²) in [6.07, 6.45) is 9.77. The zero-order valence-corrected chi connectivity index (χ0v) is 17.5. The Bertz CT molecular complexity index is 1220. The number of nitrogens with zero attached hydrogens (tertiary/aromatic N) is 2. The molecule has 0 unspecified atom stereocenters. The molecule has 4 atom stereocenters. The van der Waals surface area contributed by atoms with Gasteiger partial charge in [-0.15, -0.1) is 0 Å². The first-order valence-corrected chi connectivity index (χ1v) is 11.0. The number of pyridine rings is 1. The number of hydrogen-bond acceptors (Lipinski definition) is 4. The standard InChI is InChI=1S/C25H24N4O3/c30-23(27-12-8-17-13-28-19-4-2-1-3-18(17)19)21-20-5-9-25(32-20)15-29(24(31)22(21)25)14-16-6-10-26-11-7-16/h1-7,9-11,13,20-22,28H,8,12,14-15H2,(H,27,30)/t20-,21-,22+,25-/m1/s1. The first-order valence-electron chi connectivity index (χ1n) is 11.0. The van der Waals surface area contributed by atoms with E-state index in [9.17, 15) is 9.59 Å². The molecule has 162 valence electrons. The van der Waals surface area contributed by atoms with Gasteiger partial charge in [-0.3, -0.25) is 14.6 Å². The van der Waals surface area contributed by atoms with Crippen LogP contribution >= 0.6 is 0 Å². The van der Waals surface area contributed by atoms with Gasteiger partial charge in [0.05, 0.1) is 24.5 Å². The van der Waals surface area contributed by atoms with Crippen molar-refractivity contribution in [3.63, 3.8) is 0 Å². The normalized spacial score (nSPS) is 27.9. The lowest BCUT2D eigenvalue weighted by atomic mass is 9.77. The average Bonchev–Trinajstić information content (AvgIpc) is 3.55. The summed E-state index contributed by atoms with van der Waals surface area (Å²) in [5.74, 6) is -1.07. The van der Waals surface area contributed by atoms with Crippen LogP contribution in [0.5, 0.6) is 0 Å². The van der Waals surface area contributed by atoms with E-state index in [0.29, 0.717) is 19.6 Å². The number of H-pyrrole nitrogens is 1. The molecule has 7 nitrogen and oxygen atoms in total. The lowest BCUT2D eigenvalue weighted by Gasteiger charge is -2.23. The van der Waals surface area contributed by atoms with Crippen molar-refractivity contribution in [3.05, 3.63) is 78.3 Å². The molecule has 7 heteroatoms. The predicted molar refractivity (Wildman–Crippen MR) is 118 cm³/mol. The highest BCUT2D eigenvalue weighted by molar-refractivity contribution is 5.93. The van der Waals surface area contributed by atoms with Gasteiger partial charge in [0.25, 0.3) is 0 Å². The molecular weight excluding hydrogens is 404 g/mol. The maximum Gasteiger partial charge on any atom is 0.230 e. The van der Waals surface area contributed by atoms with Gasteiger partial charge in [-0.1, -0.05) is 30.4 Å². The molecule has 6 rings (SSSR count). The van der Waals surface area contributed by atoms with Crippen molar-refractivity contribution in [1.82, 2.24) is 20.2 Å². The van der Waals surface area contributed by atoms with Crippen LogP contribution in [0.25, 0.3) is 10.9 Å². The quantitative estimate of drug-likeness (QED) is 0.590. The molecule has 2 bridgehead atoms. The van der Waals surface area contributed by atoms with Gasteiger partial charge in [0.2, 0.25) is 11.8 Å². The summed E-state index contributed by atoms with van der Waals surface area (Å²) in [5.41, 5.74) is 2.59. The second-order valence-corrected chi connectivity index (χ2v) is 8.85. The van der Waals surface area contributed by atoms with Crippen LogP contribution in [0.2, 0.25) is 0 Å². The number of amides is 2. The molecule has 5 heterocycles. The summed E-state index contributed by atoms with van der Waals surface area (Å²) in [4.78, 5) is 35.6. The molecule has 3 aliphatic heterocycles. The van der Waals surface area contributed by atoms with Crippen LogP contribution < -0.4 is 5.32 Å². The molecule has 1 aromatic carbocycles. The van der Waals surface area contributed by atoms with Crippen molar-refractivity contribution >= 4 is 22.7 Å². The number of hydrogen-bond donors (Lipinski definition) is 2. The summed E-state index contributed by atoms with van der Waals surface area (Å²) in [5, 5.41) is 4.23. The number of para-hydroxylation sites is 1. The fraction of sp³-hybridized carbons (Fsp3) is 0.320. The van der Waals surface area contributed by atoms with E-state index in [1.54, 1.807) is 17.3 Å². The molecule has 2 aromatic heterocycles. The van der Waals surface area contributed by atoms with E-state index in [2.05, 4.69) is 21.4 Å². The number of likely N-dealkylation sites (tertiary alicyclic amines) is 1. The van der Waals surface area contributed by atoms with Crippen molar-refractivity contribution < 1.29 is 14.3 Å². The van der Waals surface area contributed by atoms with Gasteiger partial charge in [-0.2, -0.15) is 0 Å². The lowest BCUT2D eigenvalue weighted by molar-refractivity contribution is -0.137. The molecule has 2 N–H and O–H groups in total. The fourth-order valence-electron chi connectivity index (χ4n) is 5.50. The summed E-state index contributed by atoms with van der Waals surface area (Å²) in [6.45, 7) is 1.49. The summed E-state index contributed by atoms with van der Waals surface area (Å²) >= 11 is 0. The number of aromatic nitrogens is 2. The highest BCUT2D eigenvalue weighted by Gasteiger charge is 2.66. The van der Waals surface area contributed by atoms with Crippen LogP contribution in [0.4, 0.5) is 0 Å². The molecule has 2 fully saturated rings. The van der Waals surface area contributed by atoms with E-state index >= 15 is 0 Å². The van der Waals surface area contributed by atoms with E-state index in [1.807, 2.05) is 48.7 Å². The minimum atomic E-state index is -0.687. The summed E-state index contributed by atoms with van der Waals surface area (Å²) in [6, 6.07) is 11.9. The van der Waals surface area contributed by atoms with Crippen molar-refractivity contribution in [2.75, 3.05) is 13.1 Å². The Hall–Kier alpha value is -3.45. The Kier molecular flexibility index (Phi) is 4.40. The van der Waals surface area contributed by atoms with Crippen LogP contribution in [0, 0.1) is 11.8 Å².